The molecule has 0 amide bonds. The maximum atomic E-state index is 5.88. The molecule has 21 heavy (non-hydrogen) atoms. The molecule has 2 N–H and O–H groups in total. The molecule has 0 saturated carbocycles. The molecule has 0 aliphatic rings. The van der Waals surface area contributed by atoms with Gasteiger partial charge in [-0.1, -0.05) is 13.8 Å². The third-order valence-electron chi connectivity index (χ3n) is 3.43. The average Bonchev–Trinajstić information content (AvgIpc) is 2.77. The van der Waals surface area contributed by atoms with E-state index in [1.165, 1.54) is 0 Å². The summed E-state index contributed by atoms with van der Waals surface area (Å²) in [5, 5.41) is 4.44. The minimum absolute atomic E-state index is 0.307. The van der Waals surface area contributed by atoms with Crippen LogP contribution >= 0.6 is 15.9 Å². The molecule has 0 fully saturated rings. The quantitative estimate of drug-likeness (QED) is 0.912. The third kappa shape index (κ3) is 2.72. The van der Waals surface area contributed by atoms with E-state index in [0.717, 1.165) is 27.0 Å². The number of anilines is 1. The fraction of sp³-hybridized carbons (Fsp3) is 0.400. The van der Waals surface area contributed by atoms with Crippen molar-refractivity contribution in [2.24, 2.45) is 7.05 Å². The van der Waals surface area contributed by atoms with Crippen LogP contribution in [0.4, 0.5) is 5.82 Å². The standard InChI is InChI=1S/C15H20BrN3O2/c1-8(2)9-6-10(11-7-12(17)19(3)18-11)15(21-5)13(16)14(9)20-4/h6-8H,17H2,1-5H3. The lowest BCUT2D eigenvalue weighted by Crippen LogP contribution is -2.00. The van der Waals surface area contributed by atoms with Crippen molar-refractivity contribution in [2.75, 3.05) is 20.0 Å². The molecule has 114 valence electrons. The molecule has 0 unspecified atom stereocenters. The average molecular weight is 354 g/mol. The Labute approximate surface area is 133 Å². The van der Waals surface area contributed by atoms with E-state index in [1.54, 1.807) is 18.9 Å². The van der Waals surface area contributed by atoms with E-state index >= 15 is 0 Å². The predicted octanol–water partition coefficient (Wildman–Crippen LogP) is 3.57. The monoisotopic (exact) mass is 353 g/mol. The van der Waals surface area contributed by atoms with E-state index in [9.17, 15) is 0 Å². The number of nitrogen functional groups attached to an aromatic ring is 1. The lowest BCUT2D eigenvalue weighted by atomic mass is 9.97. The van der Waals surface area contributed by atoms with Crippen LogP contribution in [-0.2, 0) is 7.05 Å². The minimum atomic E-state index is 0.307. The Morgan fingerprint density at radius 3 is 2.24 bits per heavy atom. The van der Waals surface area contributed by atoms with Crippen LogP contribution in [0.5, 0.6) is 11.5 Å². The van der Waals surface area contributed by atoms with Crippen LogP contribution < -0.4 is 15.2 Å². The maximum absolute atomic E-state index is 5.88. The highest BCUT2D eigenvalue weighted by atomic mass is 79.9. The van der Waals surface area contributed by atoms with E-state index in [2.05, 4.69) is 40.9 Å². The number of halogens is 1. The Morgan fingerprint density at radius 2 is 1.81 bits per heavy atom. The van der Waals surface area contributed by atoms with Crippen LogP contribution in [0, 0.1) is 0 Å². The van der Waals surface area contributed by atoms with Gasteiger partial charge in [-0.2, -0.15) is 5.10 Å². The van der Waals surface area contributed by atoms with E-state index in [0.29, 0.717) is 17.5 Å². The minimum Gasteiger partial charge on any atom is -0.495 e. The summed E-state index contributed by atoms with van der Waals surface area (Å²) in [7, 11) is 5.10. The molecule has 0 spiro atoms. The molecule has 1 aromatic heterocycles. The molecule has 1 aromatic carbocycles. The van der Waals surface area contributed by atoms with Crippen molar-refractivity contribution in [3.63, 3.8) is 0 Å². The first-order chi connectivity index (χ1) is 9.90. The van der Waals surface area contributed by atoms with Crippen molar-refractivity contribution >= 4 is 21.7 Å². The summed E-state index contributed by atoms with van der Waals surface area (Å²) < 4.78 is 13.5. The Hall–Kier alpha value is -1.69. The van der Waals surface area contributed by atoms with Crippen molar-refractivity contribution in [1.82, 2.24) is 9.78 Å². The molecular weight excluding hydrogens is 334 g/mol. The zero-order valence-electron chi connectivity index (χ0n) is 12.9. The second-order valence-electron chi connectivity index (χ2n) is 5.13. The van der Waals surface area contributed by atoms with Gasteiger partial charge >= 0.3 is 0 Å². The lowest BCUT2D eigenvalue weighted by Gasteiger charge is -2.18. The number of rotatable bonds is 4. The molecule has 0 aliphatic carbocycles. The number of aryl methyl sites for hydroxylation is 1. The second-order valence-corrected chi connectivity index (χ2v) is 5.92. The van der Waals surface area contributed by atoms with Crippen molar-refractivity contribution in [1.29, 1.82) is 0 Å². The molecule has 0 bridgehead atoms. The largest absolute Gasteiger partial charge is 0.495 e. The van der Waals surface area contributed by atoms with Gasteiger partial charge in [0, 0.05) is 18.7 Å². The Kier molecular flexibility index (Phi) is 4.46. The second kappa shape index (κ2) is 5.97. The molecule has 0 aliphatic heterocycles. The number of aromatic nitrogens is 2. The summed E-state index contributed by atoms with van der Waals surface area (Å²) in [5.41, 5.74) is 8.64. The molecule has 0 saturated heterocycles. The van der Waals surface area contributed by atoms with Gasteiger partial charge in [0.1, 0.15) is 21.8 Å². The number of hydrogen-bond donors (Lipinski definition) is 1. The number of methoxy groups -OCH3 is 2. The zero-order valence-corrected chi connectivity index (χ0v) is 14.5. The first kappa shape index (κ1) is 15.7. The van der Waals surface area contributed by atoms with Gasteiger partial charge in [0.25, 0.3) is 0 Å². The molecule has 2 aromatic rings. The summed E-state index contributed by atoms with van der Waals surface area (Å²) in [6.45, 7) is 4.24. The summed E-state index contributed by atoms with van der Waals surface area (Å²) in [4.78, 5) is 0. The molecule has 0 radical (unpaired) electrons. The highest BCUT2D eigenvalue weighted by molar-refractivity contribution is 9.10. The molecule has 0 atom stereocenters. The molecule has 6 heteroatoms. The Bertz CT molecular complexity index is 646. The van der Waals surface area contributed by atoms with Crippen LogP contribution in [-0.4, -0.2) is 24.0 Å². The zero-order chi connectivity index (χ0) is 15.7. The first-order valence-electron chi connectivity index (χ1n) is 6.64. The fourth-order valence-electron chi connectivity index (χ4n) is 2.27. The van der Waals surface area contributed by atoms with Gasteiger partial charge in [0.15, 0.2) is 0 Å². The van der Waals surface area contributed by atoms with E-state index in [4.69, 9.17) is 15.2 Å². The van der Waals surface area contributed by atoms with E-state index in [-0.39, 0.29) is 0 Å². The number of ether oxygens (including phenoxy) is 2. The van der Waals surface area contributed by atoms with Crippen molar-refractivity contribution in [3.8, 4) is 22.8 Å². The number of hydrogen-bond acceptors (Lipinski definition) is 4. The van der Waals surface area contributed by atoms with Crippen LogP contribution in [0.2, 0.25) is 0 Å². The fourth-order valence-corrected chi connectivity index (χ4v) is 3.04. The van der Waals surface area contributed by atoms with Gasteiger partial charge in [0.05, 0.1) is 19.9 Å². The Morgan fingerprint density at radius 1 is 1.19 bits per heavy atom. The predicted molar refractivity (Wildman–Crippen MR) is 87.9 cm³/mol. The summed E-state index contributed by atoms with van der Waals surface area (Å²) in [5.74, 6) is 2.39. The van der Waals surface area contributed by atoms with Crippen LogP contribution in [0.1, 0.15) is 25.3 Å². The van der Waals surface area contributed by atoms with Gasteiger partial charge in [0.2, 0.25) is 0 Å². The summed E-state index contributed by atoms with van der Waals surface area (Å²) in [6.07, 6.45) is 0. The summed E-state index contributed by atoms with van der Waals surface area (Å²) in [6, 6.07) is 3.88. The smallest absolute Gasteiger partial charge is 0.146 e. The van der Waals surface area contributed by atoms with E-state index < -0.39 is 0 Å². The number of benzene rings is 1. The maximum Gasteiger partial charge on any atom is 0.146 e. The SMILES string of the molecule is COc1c(-c2cc(N)n(C)n2)cc(C(C)C)c(OC)c1Br. The van der Waals surface area contributed by atoms with E-state index in [1.807, 2.05) is 13.1 Å². The third-order valence-corrected chi connectivity index (χ3v) is 4.15. The molecule has 2 rings (SSSR count). The van der Waals surface area contributed by atoms with Gasteiger partial charge < -0.3 is 15.2 Å². The topological polar surface area (TPSA) is 62.3 Å². The van der Waals surface area contributed by atoms with Crippen LogP contribution in [0.25, 0.3) is 11.3 Å². The Balaban J connectivity index is 2.75. The van der Waals surface area contributed by atoms with Crippen LogP contribution in [0.3, 0.4) is 0 Å². The summed E-state index contributed by atoms with van der Waals surface area (Å²) >= 11 is 3.58. The molecule has 5 nitrogen and oxygen atoms in total. The number of nitrogens with zero attached hydrogens (tertiary/aromatic N) is 2. The van der Waals surface area contributed by atoms with Crippen molar-refractivity contribution in [3.05, 3.63) is 22.2 Å². The van der Waals surface area contributed by atoms with Gasteiger partial charge in [-0.15, -0.1) is 0 Å². The van der Waals surface area contributed by atoms with Crippen molar-refractivity contribution in [2.45, 2.75) is 19.8 Å². The van der Waals surface area contributed by atoms with Crippen LogP contribution in [0.15, 0.2) is 16.6 Å². The number of nitrogens with two attached hydrogens (primary N) is 1. The highest BCUT2D eigenvalue weighted by Gasteiger charge is 2.22. The first-order valence-corrected chi connectivity index (χ1v) is 7.44. The normalized spacial score (nSPS) is 11.0. The highest BCUT2D eigenvalue weighted by Crippen LogP contribution is 2.46. The van der Waals surface area contributed by atoms with Gasteiger partial charge in [-0.3, -0.25) is 4.68 Å². The lowest BCUT2D eigenvalue weighted by molar-refractivity contribution is 0.385. The van der Waals surface area contributed by atoms with Crippen molar-refractivity contribution < 1.29 is 9.47 Å². The van der Waals surface area contributed by atoms with Gasteiger partial charge in [-0.25, -0.2) is 0 Å². The van der Waals surface area contributed by atoms with Gasteiger partial charge in [-0.05, 0) is 33.5 Å². The molecular formula is C15H20BrN3O2. The molecule has 1 heterocycles.